The highest BCUT2D eigenvalue weighted by molar-refractivity contribution is 6.62. The van der Waals surface area contributed by atoms with E-state index in [0.717, 1.165) is 11.1 Å². The van der Waals surface area contributed by atoms with Gasteiger partial charge in [0.15, 0.2) is 0 Å². The Balaban J connectivity index is 1.18. The van der Waals surface area contributed by atoms with Gasteiger partial charge in [0, 0.05) is 24.2 Å². The van der Waals surface area contributed by atoms with E-state index in [1.807, 2.05) is 12.1 Å². The molecule has 2 aliphatic heterocycles. The third-order valence-electron chi connectivity index (χ3n) is 5.24. The van der Waals surface area contributed by atoms with Crippen LogP contribution in [0.5, 0.6) is 0 Å². The van der Waals surface area contributed by atoms with E-state index in [4.69, 9.17) is 9.31 Å². The first kappa shape index (κ1) is 20.6. The Labute approximate surface area is 174 Å². The molecular weight excluding hydrogens is 386 g/mol. The highest BCUT2D eigenvalue weighted by atomic mass is 16.5. The summed E-state index contributed by atoms with van der Waals surface area (Å²) < 4.78 is 10.3. The van der Waals surface area contributed by atoms with Crippen molar-refractivity contribution in [2.24, 2.45) is 0 Å². The smallest absolute Gasteiger partial charge is 0.423 e. The molecule has 2 heterocycles. The normalized spacial score (nSPS) is 14.5. The fourth-order valence-corrected chi connectivity index (χ4v) is 3.60. The van der Waals surface area contributed by atoms with Crippen molar-refractivity contribution in [3.63, 3.8) is 0 Å². The maximum absolute atomic E-state index is 12.1. The Morgan fingerprint density at radius 3 is 1.67 bits per heavy atom. The van der Waals surface area contributed by atoms with Crippen molar-refractivity contribution >= 4 is 48.4 Å². The van der Waals surface area contributed by atoms with Crippen molar-refractivity contribution in [1.82, 2.24) is 0 Å². The molecule has 2 aromatic carbocycles. The quantitative estimate of drug-likeness (QED) is 0.386. The summed E-state index contributed by atoms with van der Waals surface area (Å²) in [5.74, 6) is -0.284. The second-order valence-corrected chi connectivity index (χ2v) is 7.46. The molecular formula is C20H22B2N2O6. The summed E-state index contributed by atoms with van der Waals surface area (Å²) in [6, 6.07) is 10.7. The minimum absolute atomic E-state index is 0.142. The topological polar surface area (TPSA) is 117 Å². The summed E-state index contributed by atoms with van der Waals surface area (Å²) in [6.45, 7) is 0.735. The van der Waals surface area contributed by atoms with Crippen molar-refractivity contribution in [3.8, 4) is 0 Å². The van der Waals surface area contributed by atoms with Gasteiger partial charge in [0.2, 0.25) is 11.8 Å². The molecule has 2 aromatic rings. The molecule has 0 aromatic heterocycles. The van der Waals surface area contributed by atoms with Gasteiger partial charge in [-0.3, -0.25) is 9.59 Å². The van der Waals surface area contributed by atoms with Gasteiger partial charge in [0.25, 0.3) is 0 Å². The average Bonchev–Trinajstić information content (AvgIpc) is 3.28. The highest BCUT2D eigenvalue weighted by Gasteiger charge is 2.28. The standard InChI is InChI=1S/C20H22B2N2O6/c25-19(23-15-7-5-13-11-29-21(27)17(13)9-15)3-1-2-4-20(26)24-16-8-6-14-12-30-22(28)18(14)10-16/h5-10,27-28H,1-4,11-12H2,(H,23,25)(H,24,26). The van der Waals surface area contributed by atoms with Crippen LogP contribution in [0.15, 0.2) is 36.4 Å². The molecule has 0 fully saturated rings. The molecule has 0 spiro atoms. The van der Waals surface area contributed by atoms with Crippen LogP contribution in [0.1, 0.15) is 36.8 Å². The molecule has 2 aliphatic rings. The molecule has 10 heteroatoms. The number of unbranched alkanes of at least 4 members (excludes halogenated alkanes) is 1. The lowest BCUT2D eigenvalue weighted by molar-refractivity contribution is -0.118. The third kappa shape index (κ3) is 4.73. The van der Waals surface area contributed by atoms with Crippen molar-refractivity contribution in [1.29, 1.82) is 0 Å². The van der Waals surface area contributed by atoms with Gasteiger partial charge in [-0.05, 0) is 59.2 Å². The predicted molar refractivity (Wildman–Crippen MR) is 113 cm³/mol. The van der Waals surface area contributed by atoms with Crippen molar-refractivity contribution < 1.29 is 28.9 Å². The molecule has 4 N–H and O–H groups in total. The molecule has 154 valence electrons. The minimum Gasteiger partial charge on any atom is -0.423 e. The Morgan fingerprint density at radius 1 is 0.800 bits per heavy atom. The zero-order valence-corrected chi connectivity index (χ0v) is 16.4. The number of hydrogen-bond acceptors (Lipinski definition) is 6. The molecule has 0 bridgehead atoms. The van der Waals surface area contributed by atoms with E-state index in [0.29, 0.717) is 61.2 Å². The van der Waals surface area contributed by atoms with Crippen molar-refractivity contribution in [3.05, 3.63) is 47.5 Å². The summed E-state index contributed by atoms with van der Waals surface area (Å²) in [5, 5.41) is 25.1. The lowest BCUT2D eigenvalue weighted by Crippen LogP contribution is -2.28. The SMILES string of the molecule is O=C(CCCCC(=O)Nc1ccc2c(c1)B(O)OC2)Nc1ccc2c(c1)B(O)OC2. The van der Waals surface area contributed by atoms with E-state index in [2.05, 4.69) is 10.6 Å². The molecule has 0 unspecified atom stereocenters. The van der Waals surface area contributed by atoms with Gasteiger partial charge in [-0.25, -0.2) is 0 Å². The van der Waals surface area contributed by atoms with Gasteiger partial charge in [0.05, 0.1) is 13.2 Å². The Hall–Kier alpha value is -2.65. The summed E-state index contributed by atoms with van der Waals surface area (Å²) >= 11 is 0. The van der Waals surface area contributed by atoms with Crippen LogP contribution in [-0.4, -0.2) is 36.1 Å². The minimum atomic E-state index is -0.947. The van der Waals surface area contributed by atoms with Crippen molar-refractivity contribution in [2.45, 2.75) is 38.9 Å². The molecule has 4 rings (SSSR count). The zero-order chi connectivity index (χ0) is 21.1. The highest BCUT2D eigenvalue weighted by Crippen LogP contribution is 2.16. The fraction of sp³-hybridized carbons (Fsp3) is 0.300. The molecule has 0 saturated heterocycles. The van der Waals surface area contributed by atoms with E-state index < -0.39 is 14.2 Å². The molecule has 0 radical (unpaired) electrons. The number of anilines is 2. The van der Waals surface area contributed by atoms with Crippen LogP contribution in [0, 0.1) is 0 Å². The number of carbonyl (C=O) groups is 2. The van der Waals surface area contributed by atoms with Gasteiger partial charge in [-0.2, -0.15) is 0 Å². The molecule has 0 aliphatic carbocycles. The van der Waals surface area contributed by atoms with Gasteiger partial charge in [0.1, 0.15) is 0 Å². The Morgan fingerprint density at radius 2 is 1.23 bits per heavy atom. The number of carbonyl (C=O) groups excluding carboxylic acids is 2. The first-order chi connectivity index (χ1) is 14.5. The van der Waals surface area contributed by atoms with Crippen molar-refractivity contribution in [2.75, 3.05) is 10.6 Å². The average molecular weight is 408 g/mol. The van der Waals surface area contributed by atoms with Crippen LogP contribution in [0.3, 0.4) is 0 Å². The number of nitrogens with one attached hydrogen (secondary N) is 2. The predicted octanol–water partition coefficient (Wildman–Crippen LogP) is 0.260. The Kier molecular flexibility index (Phi) is 6.19. The van der Waals surface area contributed by atoms with E-state index in [1.165, 1.54) is 0 Å². The monoisotopic (exact) mass is 408 g/mol. The van der Waals surface area contributed by atoms with Crippen LogP contribution < -0.4 is 21.6 Å². The second kappa shape index (κ2) is 9.01. The molecule has 0 saturated carbocycles. The van der Waals surface area contributed by atoms with Crippen LogP contribution in [0.25, 0.3) is 0 Å². The second-order valence-electron chi connectivity index (χ2n) is 7.46. The van der Waals surface area contributed by atoms with Crippen LogP contribution in [0.2, 0.25) is 0 Å². The summed E-state index contributed by atoms with van der Waals surface area (Å²) in [4.78, 5) is 24.3. The maximum atomic E-state index is 12.1. The van der Waals surface area contributed by atoms with Crippen LogP contribution >= 0.6 is 0 Å². The molecule has 0 atom stereocenters. The summed E-state index contributed by atoms with van der Waals surface area (Å²) in [7, 11) is -1.89. The van der Waals surface area contributed by atoms with Crippen LogP contribution in [0.4, 0.5) is 11.4 Å². The van der Waals surface area contributed by atoms with E-state index >= 15 is 0 Å². The zero-order valence-electron chi connectivity index (χ0n) is 16.4. The number of fused-ring (bicyclic) bond motifs is 2. The molecule has 8 nitrogen and oxygen atoms in total. The number of benzene rings is 2. The van der Waals surface area contributed by atoms with E-state index in [-0.39, 0.29) is 11.8 Å². The number of hydrogen-bond donors (Lipinski definition) is 4. The molecule has 2 amide bonds. The van der Waals surface area contributed by atoms with Gasteiger partial charge in [-0.15, -0.1) is 0 Å². The lowest BCUT2D eigenvalue weighted by Gasteiger charge is -2.08. The van der Waals surface area contributed by atoms with E-state index in [9.17, 15) is 19.6 Å². The molecule has 30 heavy (non-hydrogen) atoms. The number of rotatable bonds is 7. The lowest BCUT2D eigenvalue weighted by atomic mass is 9.79. The van der Waals surface area contributed by atoms with Gasteiger partial charge in [-0.1, -0.05) is 12.1 Å². The first-order valence-corrected chi connectivity index (χ1v) is 9.94. The largest absolute Gasteiger partial charge is 0.491 e. The van der Waals surface area contributed by atoms with Crippen LogP contribution in [-0.2, 0) is 32.1 Å². The fourth-order valence-electron chi connectivity index (χ4n) is 3.60. The van der Waals surface area contributed by atoms with E-state index in [1.54, 1.807) is 24.3 Å². The van der Waals surface area contributed by atoms with Gasteiger partial charge >= 0.3 is 14.2 Å². The third-order valence-corrected chi connectivity index (χ3v) is 5.24. The number of amides is 2. The summed E-state index contributed by atoms with van der Waals surface area (Å²) in [6.07, 6.45) is 1.75. The van der Waals surface area contributed by atoms with Gasteiger partial charge < -0.3 is 30.0 Å². The maximum Gasteiger partial charge on any atom is 0.491 e. The first-order valence-electron chi connectivity index (χ1n) is 9.94. The summed E-state index contributed by atoms with van der Waals surface area (Å²) in [5.41, 5.74) is 4.41. The Bertz CT molecular complexity index is 893.